The van der Waals surface area contributed by atoms with Gasteiger partial charge in [0, 0.05) is 55.4 Å². The fourth-order valence-corrected chi connectivity index (χ4v) is 8.29. The van der Waals surface area contributed by atoms with Crippen LogP contribution in [0.5, 0.6) is 11.5 Å². The lowest BCUT2D eigenvalue weighted by Gasteiger charge is -2.30. The van der Waals surface area contributed by atoms with E-state index in [1.165, 1.54) is 38.5 Å². The highest BCUT2D eigenvalue weighted by molar-refractivity contribution is 6.07. The third-order valence-corrected chi connectivity index (χ3v) is 11.9. The van der Waals surface area contributed by atoms with Gasteiger partial charge in [0.2, 0.25) is 0 Å². The van der Waals surface area contributed by atoms with E-state index in [9.17, 15) is 14.4 Å². The molecule has 0 saturated heterocycles. The Labute approximate surface area is 345 Å². The largest absolute Gasteiger partial charge is 0.492 e. The molecule has 0 spiro atoms. The standard InChI is InChI=1S/C26H33N3O4.C21H25N3O2/c1-16-23-21(11-12-27-16)20-10-9-19(14-22(20)29(5)24(23)30)32-15-18(13-17-7-6-8-17)28-25(31)33-26(2,3)4;1-13-20-18(8-9-23-13)17-7-6-16(11-19(17)24(2)21(20)25)26-12-15(22)10-14-4-3-5-14/h9-12,14,17-18H,6-8,13,15H2,1-5H3,(H,28,31);6-9,11,14-15H,3-5,10,12,22H2,1-2H3/t18-;15-/m00/s1. The molecule has 12 nitrogen and oxygen atoms in total. The van der Waals surface area contributed by atoms with Crippen LogP contribution < -0.4 is 31.6 Å². The molecule has 2 fully saturated rings. The van der Waals surface area contributed by atoms with E-state index < -0.39 is 11.7 Å². The van der Waals surface area contributed by atoms with E-state index >= 15 is 0 Å². The Bertz CT molecular complexity index is 2620. The molecule has 6 aromatic rings. The van der Waals surface area contributed by atoms with E-state index in [0.717, 1.165) is 68.5 Å². The lowest BCUT2D eigenvalue weighted by atomic mass is 9.81. The number of carbonyl (C=O) groups is 1. The van der Waals surface area contributed by atoms with Crippen molar-refractivity contribution in [2.24, 2.45) is 31.7 Å². The monoisotopic (exact) mass is 802 g/mol. The molecule has 12 heteroatoms. The maximum atomic E-state index is 13.0. The van der Waals surface area contributed by atoms with Crippen LogP contribution in [0.25, 0.3) is 43.4 Å². The molecule has 4 heterocycles. The van der Waals surface area contributed by atoms with Gasteiger partial charge in [-0.3, -0.25) is 19.6 Å². The summed E-state index contributed by atoms with van der Waals surface area (Å²) >= 11 is 0. The van der Waals surface area contributed by atoms with Crippen molar-refractivity contribution in [1.29, 1.82) is 0 Å². The minimum Gasteiger partial charge on any atom is -0.492 e. The Morgan fingerprint density at radius 3 is 1.68 bits per heavy atom. The van der Waals surface area contributed by atoms with Crippen molar-refractivity contribution < 1.29 is 19.0 Å². The number of ether oxygens (including phenoxy) is 3. The molecule has 8 rings (SSSR count). The summed E-state index contributed by atoms with van der Waals surface area (Å²) in [5, 5.41) is 8.13. The lowest BCUT2D eigenvalue weighted by Crippen LogP contribution is -2.43. The van der Waals surface area contributed by atoms with Crippen LogP contribution in [0.3, 0.4) is 0 Å². The summed E-state index contributed by atoms with van der Waals surface area (Å²) in [7, 11) is 3.56. The normalized spacial score (nSPS) is 15.6. The van der Waals surface area contributed by atoms with Crippen LogP contribution in [-0.4, -0.2) is 56.1 Å². The number of aromatic nitrogens is 4. The van der Waals surface area contributed by atoms with E-state index in [2.05, 4.69) is 15.3 Å². The molecule has 59 heavy (non-hydrogen) atoms. The zero-order valence-electron chi connectivity index (χ0n) is 35.5. The van der Waals surface area contributed by atoms with Crippen LogP contribution in [0, 0.1) is 25.7 Å². The number of fused-ring (bicyclic) bond motifs is 6. The van der Waals surface area contributed by atoms with Gasteiger partial charge in [0.15, 0.2) is 0 Å². The molecule has 2 aromatic carbocycles. The summed E-state index contributed by atoms with van der Waals surface area (Å²) in [5.41, 5.74) is 8.69. The number of benzene rings is 2. The predicted octanol–water partition coefficient (Wildman–Crippen LogP) is 8.15. The molecule has 0 aliphatic heterocycles. The zero-order chi connectivity index (χ0) is 42.0. The van der Waals surface area contributed by atoms with Crippen molar-refractivity contribution in [2.45, 2.75) is 104 Å². The smallest absolute Gasteiger partial charge is 0.407 e. The van der Waals surface area contributed by atoms with Gasteiger partial charge in [0.05, 0.1) is 39.2 Å². The fourth-order valence-electron chi connectivity index (χ4n) is 8.29. The number of hydrogen-bond donors (Lipinski definition) is 2. The van der Waals surface area contributed by atoms with Gasteiger partial charge in [-0.2, -0.15) is 0 Å². The molecule has 0 unspecified atom stereocenters. The Hall–Kier alpha value is -5.49. The van der Waals surface area contributed by atoms with Crippen molar-refractivity contribution in [3.63, 3.8) is 0 Å². The van der Waals surface area contributed by atoms with Crippen molar-refractivity contribution in [2.75, 3.05) is 13.2 Å². The number of nitrogens with zero attached hydrogens (tertiary/aromatic N) is 4. The Morgan fingerprint density at radius 2 is 1.22 bits per heavy atom. The first-order chi connectivity index (χ1) is 28.2. The van der Waals surface area contributed by atoms with E-state index in [0.29, 0.717) is 35.7 Å². The molecule has 1 amide bonds. The van der Waals surface area contributed by atoms with Crippen LogP contribution >= 0.6 is 0 Å². The average molecular weight is 803 g/mol. The second-order valence-corrected chi connectivity index (χ2v) is 17.5. The summed E-state index contributed by atoms with van der Waals surface area (Å²) in [4.78, 5) is 46.6. The van der Waals surface area contributed by atoms with E-state index in [1.807, 2.05) is 83.1 Å². The number of aryl methyl sites for hydroxylation is 4. The summed E-state index contributed by atoms with van der Waals surface area (Å²) in [6.07, 6.45) is 12.5. The molecule has 0 radical (unpaired) electrons. The third-order valence-electron chi connectivity index (χ3n) is 11.9. The molecular formula is C47H58N6O6. The molecule has 2 aliphatic carbocycles. The van der Waals surface area contributed by atoms with Crippen LogP contribution in [0.15, 0.2) is 70.5 Å². The van der Waals surface area contributed by atoms with E-state index in [1.54, 1.807) is 35.6 Å². The number of amides is 1. The Balaban J connectivity index is 0.000000184. The molecule has 2 saturated carbocycles. The number of hydrogen-bond acceptors (Lipinski definition) is 9. The Morgan fingerprint density at radius 1 is 0.746 bits per heavy atom. The van der Waals surface area contributed by atoms with Gasteiger partial charge >= 0.3 is 6.09 Å². The molecule has 4 aromatic heterocycles. The van der Waals surface area contributed by atoms with Crippen molar-refractivity contribution >= 4 is 49.4 Å². The first-order valence-electron chi connectivity index (χ1n) is 20.9. The minimum atomic E-state index is -0.550. The number of carbonyl (C=O) groups excluding carboxylic acids is 1. The second kappa shape index (κ2) is 17.4. The zero-order valence-corrected chi connectivity index (χ0v) is 35.5. The van der Waals surface area contributed by atoms with Gasteiger partial charge in [-0.25, -0.2) is 4.79 Å². The average Bonchev–Trinajstić information content (AvgIpc) is 3.16. The second-order valence-electron chi connectivity index (χ2n) is 17.5. The first-order valence-corrected chi connectivity index (χ1v) is 20.9. The summed E-state index contributed by atoms with van der Waals surface area (Å²) in [6.45, 7) is 10.1. The Kier molecular flexibility index (Phi) is 12.3. The van der Waals surface area contributed by atoms with Crippen LogP contribution in [0.4, 0.5) is 4.79 Å². The highest BCUT2D eigenvalue weighted by Crippen LogP contribution is 2.33. The molecule has 2 atom stereocenters. The SMILES string of the molecule is Cc1nccc2c1c(=O)n(C)c1cc(OC[C@@H](N)CC3CCC3)ccc21.Cc1nccc2c1c(=O)n(C)c1cc(OC[C@H](CC3CCC3)NC(=O)OC(C)(C)C)ccc21. The highest BCUT2D eigenvalue weighted by atomic mass is 16.6. The van der Waals surface area contributed by atoms with Gasteiger partial charge in [0.1, 0.15) is 30.3 Å². The quantitative estimate of drug-likeness (QED) is 0.124. The minimum absolute atomic E-state index is 0.0306. The summed E-state index contributed by atoms with van der Waals surface area (Å²) in [5.74, 6) is 2.79. The van der Waals surface area contributed by atoms with Crippen LogP contribution in [-0.2, 0) is 18.8 Å². The van der Waals surface area contributed by atoms with Gasteiger partial charge < -0.3 is 34.4 Å². The van der Waals surface area contributed by atoms with E-state index in [4.69, 9.17) is 19.9 Å². The third kappa shape index (κ3) is 9.38. The molecule has 0 bridgehead atoms. The molecule has 312 valence electrons. The maximum Gasteiger partial charge on any atom is 0.407 e. The van der Waals surface area contributed by atoms with Crippen molar-refractivity contribution in [3.8, 4) is 11.5 Å². The molecular weight excluding hydrogens is 745 g/mol. The van der Waals surface area contributed by atoms with Gasteiger partial charge in [-0.05, 0) is 106 Å². The van der Waals surface area contributed by atoms with Crippen molar-refractivity contribution in [3.05, 3.63) is 93.0 Å². The first kappa shape index (κ1) is 41.7. The molecule has 2 aliphatic rings. The lowest BCUT2D eigenvalue weighted by molar-refractivity contribution is 0.0471. The van der Waals surface area contributed by atoms with Gasteiger partial charge in [-0.1, -0.05) is 38.5 Å². The number of alkyl carbamates (subject to hydrolysis) is 1. The summed E-state index contributed by atoms with van der Waals surface area (Å²) in [6, 6.07) is 15.4. The van der Waals surface area contributed by atoms with Crippen LogP contribution in [0.2, 0.25) is 0 Å². The number of rotatable bonds is 11. The van der Waals surface area contributed by atoms with Crippen LogP contribution in [0.1, 0.15) is 83.5 Å². The maximum absolute atomic E-state index is 13.0. The van der Waals surface area contributed by atoms with Gasteiger partial charge in [-0.15, -0.1) is 0 Å². The van der Waals surface area contributed by atoms with Crippen molar-refractivity contribution in [1.82, 2.24) is 24.4 Å². The van der Waals surface area contributed by atoms with E-state index in [-0.39, 0.29) is 23.2 Å². The topological polar surface area (TPSA) is 153 Å². The molecule has 3 N–H and O–H groups in total. The number of nitrogens with two attached hydrogens (primary N) is 1. The number of pyridine rings is 4. The van der Waals surface area contributed by atoms with Gasteiger partial charge in [0.25, 0.3) is 11.1 Å². The predicted molar refractivity (Wildman–Crippen MR) is 234 cm³/mol. The fraction of sp³-hybridized carbons (Fsp3) is 0.468. The highest BCUT2D eigenvalue weighted by Gasteiger charge is 2.26. The summed E-state index contributed by atoms with van der Waals surface area (Å²) < 4.78 is 20.8. The number of nitrogens with one attached hydrogen (secondary N) is 1.